The Balaban J connectivity index is 0.000000312. The lowest BCUT2D eigenvalue weighted by atomic mass is 9.96. The fraction of sp³-hybridized carbons (Fsp3) is 0.333. The summed E-state index contributed by atoms with van der Waals surface area (Å²) in [5, 5.41) is 24.8. The average molecular weight is 457 g/mol. The van der Waals surface area contributed by atoms with Crippen molar-refractivity contribution in [2.45, 2.75) is 22.3 Å². The molecule has 3 N–H and O–H groups in total. The fourth-order valence-corrected chi connectivity index (χ4v) is 5.10. The highest BCUT2D eigenvalue weighted by Gasteiger charge is 2.29. The molecule has 2 heterocycles. The van der Waals surface area contributed by atoms with Crippen LogP contribution in [0.3, 0.4) is 0 Å². The molecule has 0 spiro atoms. The predicted molar refractivity (Wildman–Crippen MR) is 123 cm³/mol. The molecule has 32 heavy (non-hydrogen) atoms. The lowest BCUT2D eigenvalue weighted by molar-refractivity contribution is -0.134. The maximum atomic E-state index is 9.55. The summed E-state index contributed by atoms with van der Waals surface area (Å²) in [4.78, 5) is 26.9. The fourth-order valence-electron chi connectivity index (χ4n) is 3.97. The molecule has 1 atom stereocenters. The van der Waals surface area contributed by atoms with E-state index in [2.05, 4.69) is 58.3 Å². The normalized spacial score (nSPS) is 18.7. The first-order valence-electron chi connectivity index (χ1n) is 10.5. The number of rotatable bonds is 5. The number of aliphatic hydroxyl groups is 1. The van der Waals surface area contributed by atoms with Gasteiger partial charge in [0.15, 0.2) is 0 Å². The molecule has 8 heteroatoms. The molecule has 0 aliphatic carbocycles. The van der Waals surface area contributed by atoms with Crippen LogP contribution in [0, 0.1) is 0 Å². The maximum Gasteiger partial charge on any atom is 0.328 e. The van der Waals surface area contributed by atoms with Gasteiger partial charge in [0.25, 0.3) is 0 Å². The molecule has 2 aliphatic heterocycles. The standard InChI is InChI=1S/C20H24N2OS.C4H4O4/c23-14-13-21-9-11-22(12-10-21)18-15-16-5-1-3-7-19(16)24-20-8-4-2-6-17(18)20;5-3(6)1-2-4(7)8/h1-8,18,23H,9-15H2;1-2H,(H,5,6)(H,7,8)/b;2-1-. The summed E-state index contributed by atoms with van der Waals surface area (Å²) in [5.74, 6) is -2.51. The molecule has 2 aromatic rings. The van der Waals surface area contributed by atoms with Crippen LogP contribution in [0.1, 0.15) is 17.2 Å². The molecule has 1 unspecified atom stereocenters. The monoisotopic (exact) mass is 456 g/mol. The summed E-state index contributed by atoms with van der Waals surface area (Å²) < 4.78 is 0. The molecule has 1 fully saturated rings. The lowest BCUT2D eigenvalue weighted by Gasteiger charge is -2.39. The number of piperazine rings is 1. The molecular formula is C24H28N2O5S. The first kappa shape index (κ1) is 24.0. The number of carbonyl (C=O) groups is 2. The third kappa shape index (κ3) is 6.67. The average Bonchev–Trinajstić information content (AvgIpc) is 2.96. The summed E-state index contributed by atoms with van der Waals surface area (Å²) in [6.45, 7) is 5.31. The van der Waals surface area contributed by atoms with E-state index in [0.717, 1.165) is 39.1 Å². The molecule has 0 amide bonds. The van der Waals surface area contributed by atoms with Crippen molar-refractivity contribution >= 4 is 23.7 Å². The summed E-state index contributed by atoms with van der Waals surface area (Å²) in [7, 11) is 0. The second-order valence-electron chi connectivity index (χ2n) is 7.58. The van der Waals surface area contributed by atoms with Crippen molar-refractivity contribution in [3.05, 3.63) is 71.8 Å². The van der Waals surface area contributed by atoms with Crippen LogP contribution >= 0.6 is 11.8 Å². The van der Waals surface area contributed by atoms with Crippen LogP contribution in [-0.2, 0) is 16.0 Å². The lowest BCUT2D eigenvalue weighted by Crippen LogP contribution is -2.48. The molecule has 2 aliphatic rings. The number of hydrogen-bond donors (Lipinski definition) is 3. The van der Waals surface area contributed by atoms with Gasteiger partial charge in [0.2, 0.25) is 0 Å². The van der Waals surface area contributed by atoms with Crippen molar-refractivity contribution in [1.29, 1.82) is 0 Å². The molecule has 170 valence electrons. The van der Waals surface area contributed by atoms with Gasteiger partial charge in [0.05, 0.1) is 6.61 Å². The van der Waals surface area contributed by atoms with E-state index in [-0.39, 0.29) is 6.61 Å². The van der Waals surface area contributed by atoms with Crippen LogP contribution in [0.5, 0.6) is 0 Å². The number of hydrogen-bond acceptors (Lipinski definition) is 6. The summed E-state index contributed by atoms with van der Waals surface area (Å²) in [5.41, 5.74) is 2.93. The number of carboxylic acids is 2. The van der Waals surface area contributed by atoms with Gasteiger partial charge >= 0.3 is 11.9 Å². The second-order valence-corrected chi connectivity index (χ2v) is 8.66. The summed E-state index contributed by atoms with van der Waals surface area (Å²) >= 11 is 1.91. The number of fused-ring (bicyclic) bond motifs is 2. The molecule has 4 rings (SSSR count). The molecule has 1 saturated heterocycles. The minimum atomic E-state index is -1.26. The number of aliphatic hydroxyl groups excluding tert-OH is 1. The van der Waals surface area contributed by atoms with Crippen molar-refractivity contribution in [2.75, 3.05) is 39.3 Å². The van der Waals surface area contributed by atoms with Crippen LogP contribution < -0.4 is 0 Å². The van der Waals surface area contributed by atoms with Gasteiger partial charge in [-0.25, -0.2) is 9.59 Å². The Morgan fingerprint density at radius 2 is 1.50 bits per heavy atom. The van der Waals surface area contributed by atoms with E-state index in [1.165, 1.54) is 20.9 Å². The molecule has 0 saturated carbocycles. The zero-order chi connectivity index (χ0) is 22.9. The van der Waals surface area contributed by atoms with Crippen LogP contribution in [0.4, 0.5) is 0 Å². The Kier molecular flexibility index (Phi) is 8.87. The minimum Gasteiger partial charge on any atom is -0.478 e. The highest BCUT2D eigenvalue weighted by Crippen LogP contribution is 2.42. The first-order chi connectivity index (χ1) is 15.5. The van der Waals surface area contributed by atoms with Gasteiger partial charge in [-0.15, -0.1) is 0 Å². The van der Waals surface area contributed by atoms with E-state index >= 15 is 0 Å². The number of benzene rings is 2. The maximum absolute atomic E-state index is 9.55. The molecular weight excluding hydrogens is 428 g/mol. The second kappa shape index (κ2) is 11.8. The van der Waals surface area contributed by atoms with E-state index in [9.17, 15) is 9.59 Å². The number of carboxylic acid groups (broad SMARTS) is 2. The SMILES string of the molecule is O=C(O)/C=C\C(=O)O.OCCN1CCN(C2Cc3ccccc3Sc3ccccc32)CC1. The van der Waals surface area contributed by atoms with E-state index in [1.807, 2.05) is 11.8 Å². The Morgan fingerprint density at radius 1 is 0.906 bits per heavy atom. The minimum absolute atomic E-state index is 0.260. The van der Waals surface area contributed by atoms with Gasteiger partial charge in [-0.2, -0.15) is 0 Å². The largest absolute Gasteiger partial charge is 0.478 e. The van der Waals surface area contributed by atoms with Gasteiger partial charge in [-0.3, -0.25) is 9.80 Å². The van der Waals surface area contributed by atoms with Crippen LogP contribution in [-0.4, -0.2) is 76.4 Å². The van der Waals surface area contributed by atoms with Gasteiger partial charge in [0.1, 0.15) is 0 Å². The smallest absolute Gasteiger partial charge is 0.328 e. The van der Waals surface area contributed by atoms with E-state index in [0.29, 0.717) is 18.2 Å². The number of β-amino-alcohol motifs (C(OH)–C–C–N with tert-alkyl or cyclic N) is 1. The molecule has 0 bridgehead atoms. The van der Waals surface area contributed by atoms with E-state index < -0.39 is 11.9 Å². The van der Waals surface area contributed by atoms with Gasteiger partial charge in [-0.1, -0.05) is 48.2 Å². The summed E-state index contributed by atoms with van der Waals surface area (Å²) in [6, 6.07) is 18.2. The predicted octanol–water partition coefficient (Wildman–Crippen LogP) is 2.76. The summed E-state index contributed by atoms with van der Waals surface area (Å²) in [6.07, 6.45) is 2.20. The molecule has 7 nitrogen and oxygen atoms in total. The van der Waals surface area contributed by atoms with Crippen molar-refractivity contribution in [1.82, 2.24) is 9.80 Å². The van der Waals surface area contributed by atoms with Crippen LogP contribution in [0.2, 0.25) is 0 Å². The molecule has 0 aromatic heterocycles. The molecule has 0 radical (unpaired) electrons. The Labute approximate surface area is 192 Å². The van der Waals surface area contributed by atoms with Crippen LogP contribution in [0.15, 0.2) is 70.5 Å². The van der Waals surface area contributed by atoms with Crippen molar-refractivity contribution < 1.29 is 24.9 Å². The third-order valence-electron chi connectivity index (χ3n) is 5.52. The van der Waals surface area contributed by atoms with Crippen molar-refractivity contribution in [2.24, 2.45) is 0 Å². The number of aliphatic carboxylic acids is 2. The van der Waals surface area contributed by atoms with Crippen molar-refractivity contribution in [3.8, 4) is 0 Å². The Hall–Kier alpha value is -2.65. The Bertz CT molecular complexity index is 941. The highest BCUT2D eigenvalue weighted by molar-refractivity contribution is 7.99. The van der Waals surface area contributed by atoms with Gasteiger partial charge < -0.3 is 15.3 Å². The quantitative estimate of drug-likeness (QED) is 0.591. The zero-order valence-corrected chi connectivity index (χ0v) is 18.6. The van der Waals surface area contributed by atoms with Crippen molar-refractivity contribution in [3.63, 3.8) is 0 Å². The van der Waals surface area contributed by atoms with Gasteiger partial charge in [0, 0.05) is 60.7 Å². The Morgan fingerprint density at radius 3 is 2.12 bits per heavy atom. The molecule has 2 aromatic carbocycles. The van der Waals surface area contributed by atoms with Gasteiger partial charge in [-0.05, 0) is 29.7 Å². The van der Waals surface area contributed by atoms with E-state index in [4.69, 9.17) is 15.3 Å². The highest BCUT2D eigenvalue weighted by atomic mass is 32.2. The van der Waals surface area contributed by atoms with Crippen LogP contribution in [0.25, 0.3) is 0 Å². The number of nitrogens with zero attached hydrogens (tertiary/aromatic N) is 2. The zero-order valence-electron chi connectivity index (χ0n) is 17.8. The first-order valence-corrected chi connectivity index (χ1v) is 11.4. The van der Waals surface area contributed by atoms with E-state index in [1.54, 1.807) is 0 Å². The third-order valence-corrected chi connectivity index (χ3v) is 6.73. The topological polar surface area (TPSA) is 101 Å².